The first kappa shape index (κ1) is 15.7. The summed E-state index contributed by atoms with van der Waals surface area (Å²) in [6, 6.07) is 7.93. The van der Waals surface area contributed by atoms with Crippen molar-refractivity contribution in [3.05, 3.63) is 29.3 Å². The fourth-order valence-corrected chi connectivity index (χ4v) is 2.93. The van der Waals surface area contributed by atoms with E-state index in [-0.39, 0.29) is 6.03 Å². The van der Waals surface area contributed by atoms with Crippen LogP contribution >= 0.6 is 11.3 Å². The van der Waals surface area contributed by atoms with Crippen LogP contribution in [0.3, 0.4) is 0 Å². The van der Waals surface area contributed by atoms with Gasteiger partial charge in [-0.2, -0.15) is 0 Å². The van der Waals surface area contributed by atoms with Gasteiger partial charge in [-0.05, 0) is 25.5 Å². The molecule has 2 aromatic rings. The summed E-state index contributed by atoms with van der Waals surface area (Å²) < 4.78 is 6.38. The van der Waals surface area contributed by atoms with Crippen LogP contribution in [-0.2, 0) is 11.3 Å². The Morgan fingerprint density at radius 2 is 2.24 bits per heavy atom. The molecule has 0 radical (unpaired) electrons. The van der Waals surface area contributed by atoms with Crippen LogP contribution in [-0.4, -0.2) is 42.7 Å². The summed E-state index contributed by atoms with van der Waals surface area (Å²) in [6.07, 6.45) is 0.828. The molecule has 0 fully saturated rings. The predicted molar refractivity (Wildman–Crippen MR) is 85.6 cm³/mol. The standard InChI is InChI=1S/C15H21N3O2S/c1-3-20-10-6-9-16-15(19)18(2)11-14-17-12-7-4-5-8-13(12)21-14/h4-5,7-8H,3,6,9-11H2,1-2H3,(H,16,19). The number of ether oxygens (including phenoxy) is 1. The van der Waals surface area contributed by atoms with Gasteiger partial charge >= 0.3 is 6.03 Å². The van der Waals surface area contributed by atoms with E-state index in [1.165, 1.54) is 0 Å². The van der Waals surface area contributed by atoms with E-state index < -0.39 is 0 Å². The molecule has 0 aliphatic rings. The van der Waals surface area contributed by atoms with Crippen LogP contribution in [0.1, 0.15) is 18.4 Å². The number of benzene rings is 1. The second-order valence-electron chi connectivity index (χ2n) is 4.71. The number of nitrogens with zero attached hydrogens (tertiary/aromatic N) is 2. The van der Waals surface area contributed by atoms with Crippen molar-refractivity contribution in [2.45, 2.75) is 19.9 Å². The van der Waals surface area contributed by atoms with E-state index in [4.69, 9.17) is 4.74 Å². The predicted octanol–water partition coefficient (Wildman–Crippen LogP) is 2.86. The topological polar surface area (TPSA) is 54.5 Å². The number of amides is 2. The van der Waals surface area contributed by atoms with Crippen LogP contribution < -0.4 is 5.32 Å². The average molecular weight is 307 g/mol. The highest BCUT2D eigenvalue weighted by atomic mass is 32.1. The minimum absolute atomic E-state index is 0.0780. The van der Waals surface area contributed by atoms with Crippen molar-refractivity contribution in [1.82, 2.24) is 15.2 Å². The van der Waals surface area contributed by atoms with Crippen molar-refractivity contribution in [2.24, 2.45) is 0 Å². The molecule has 1 N–H and O–H groups in total. The number of fused-ring (bicyclic) bond motifs is 1. The summed E-state index contributed by atoms with van der Waals surface area (Å²) in [5.41, 5.74) is 0.989. The molecule has 114 valence electrons. The van der Waals surface area contributed by atoms with E-state index in [1.807, 2.05) is 31.2 Å². The zero-order valence-corrected chi connectivity index (χ0v) is 13.3. The molecule has 1 heterocycles. The summed E-state index contributed by atoms with van der Waals surface area (Å²) in [5, 5.41) is 3.83. The fourth-order valence-electron chi connectivity index (χ4n) is 1.91. The molecule has 0 bridgehead atoms. The SMILES string of the molecule is CCOCCCNC(=O)N(C)Cc1nc2ccccc2s1. The number of nitrogens with one attached hydrogen (secondary N) is 1. The lowest BCUT2D eigenvalue weighted by atomic mass is 10.3. The van der Waals surface area contributed by atoms with Crippen molar-refractivity contribution >= 4 is 27.6 Å². The Bertz CT molecular complexity index is 552. The lowest BCUT2D eigenvalue weighted by Crippen LogP contribution is -2.37. The van der Waals surface area contributed by atoms with Gasteiger partial charge in [-0.25, -0.2) is 9.78 Å². The van der Waals surface area contributed by atoms with Gasteiger partial charge in [0, 0.05) is 26.8 Å². The van der Waals surface area contributed by atoms with Gasteiger partial charge in [0.15, 0.2) is 0 Å². The molecule has 0 atom stereocenters. The maximum Gasteiger partial charge on any atom is 0.317 e. The summed E-state index contributed by atoms with van der Waals surface area (Å²) in [7, 11) is 1.78. The first-order chi connectivity index (χ1) is 10.2. The third-order valence-electron chi connectivity index (χ3n) is 3.00. The maximum atomic E-state index is 11.9. The largest absolute Gasteiger partial charge is 0.382 e. The number of rotatable bonds is 7. The number of para-hydroxylation sites is 1. The Hall–Kier alpha value is -1.66. The lowest BCUT2D eigenvalue weighted by molar-refractivity contribution is 0.144. The summed E-state index contributed by atoms with van der Waals surface area (Å²) >= 11 is 1.63. The van der Waals surface area contributed by atoms with Crippen molar-refractivity contribution in [3.8, 4) is 0 Å². The summed E-state index contributed by atoms with van der Waals surface area (Å²) in [6.45, 7) is 4.51. The van der Waals surface area contributed by atoms with Crippen molar-refractivity contribution in [3.63, 3.8) is 0 Å². The highest BCUT2D eigenvalue weighted by molar-refractivity contribution is 7.18. The molecular weight excluding hydrogens is 286 g/mol. The third kappa shape index (κ3) is 4.68. The minimum Gasteiger partial charge on any atom is -0.382 e. The van der Waals surface area contributed by atoms with Crippen LogP contribution in [0, 0.1) is 0 Å². The number of hydrogen-bond acceptors (Lipinski definition) is 4. The molecule has 0 unspecified atom stereocenters. The monoisotopic (exact) mass is 307 g/mol. The summed E-state index contributed by atoms with van der Waals surface area (Å²) in [4.78, 5) is 18.1. The minimum atomic E-state index is -0.0780. The van der Waals surface area contributed by atoms with Gasteiger partial charge in [0.05, 0.1) is 16.8 Å². The quantitative estimate of drug-likeness (QED) is 0.800. The van der Waals surface area contributed by atoms with E-state index in [1.54, 1.807) is 23.3 Å². The number of hydrogen-bond donors (Lipinski definition) is 1. The maximum absolute atomic E-state index is 11.9. The Morgan fingerprint density at radius 1 is 1.43 bits per heavy atom. The molecular formula is C15H21N3O2S. The van der Waals surface area contributed by atoms with Crippen LogP contribution in [0.5, 0.6) is 0 Å². The molecule has 1 aromatic carbocycles. The highest BCUT2D eigenvalue weighted by Gasteiger charge is 2.11. The lowest BCUT2D eigenvalue weighted by Gasteiger charge is -2.16. The van der Waals surface area contributed by atoms with E-state index in [0.29, 0.717) is 26.3 Å². The number of thiazole rings is 1. The zero-order valence-electron chi connectivity index (χ0n) is 12.5. The first-order valence-corrected chi connectivity index (χ1v) is 7.93. The van der Waals surface area contributed by atoms with Gasteiger partial charge in [0.2, 0.25) is 0 Å². The highest BCUT2D eigenvalue weighted by Crippen LogP contribution is 2.22. The van der Waals surface area contributed by atoms with Crippen LogP contribution in [0.4, 0.5) is 4.79 Å². The second-order valence-corrected chi connectivity index (χ2v) is 5.83. The normalized spacial score (nSPS) is 10.8. The molecule has 6 heteroatoms. The third-order valence-corrected chi connectivity index (χ3v) is 4.02. The Morgan fingerprint density at radius 3 is 3.00 bits per heavy atom. The van der Waals surface area contributed by atoms with Gasteiger partial charge in [-0.1, -0.05) is 12.1 Å². The van der Waals surface area contributed by atoms with E-state index in [0.717, 1.165) is 21.6 Å². The molecule has 0 aliphatic carbocycles. The van der Waals surface area contributed by atoms with Gasteiger partial charge in [0.25, 0.3) is 0 Å². The van der Waals surface area contributed by atoms with Crippen molar-refractivity contribution in [1.29, 1.82) is 0 Å². The smallest absolute Gasteiger partial charge is 0.317 e. The van der Waals surface area contributed by atoms with Crippen molar-refractivity contribution < 1.29 is 9.53 Å². The molecule has 5 nitrogen and oxygen atoms in total. The molecule has 2 rings (SSSR count). The number of urea groups is 1. The zero-order chi connectivity index (χ0) is 15.1. The molecule has 0 saturated carbocycles. The Balaban J connectivity index is 1.80. The van der Waals surface area contributed by atoms with Gasteiger partial charge < -0.3 is 15.0 Å². The number of carbonyl (C=O) groups is 1. The average Bonchev–Trinajstić information content (AvgIpc) is 2.88. The number of aromatic nitrogens is 1. The van der Waals surface area contributed by atoms with Crippen LogP contribution in [0.15, 0.2) is 24.3 Å². The van der Waals surface area contributed by atoms with Gasteiger partial charge in [-0.3, -0.25) is 0 Å². The molecule has 2 amide bonds. The van der Waals surface area contributed by atoms with Crippen LogP contribution in [0.2, 0.25) is 0 Å². The Labute approximate surface area is 128 Å². The van der Waals surface area contributed by atoms with E-state index >= 15 is 0 Å². The molecule has 0 saturated heterocycles. The number of carbonyl (C=O) groups excluding carboxylic acids is 1. The second kappa shape index (κ2) is 7.95. The van der Waals surface area contributed by atoms with E-state index in [2.05, 4.69) is 10.3 Å². The molecule has 21 heavy (non-hydrogen) atoms. The first-order valence-electron chi connectivity index (χ1n) is 7.12. The van der Waals surface area contributed by atoms with Gasteiger partial charge in [0.1, 0.15) is 5.01 Å². The molecule has 1 aromatic heterocycles. The molecule has 0 spiro atoms. The molecule has 0 aliphatic heterocycles. The van der Waals surface area contributed by atoms with Crippen LogP contribution in [0.25, 0.3) is 10.2 Å². The Kier molecular flexibility index (Phi) is 5.95. The van der Waals surface area contributed by atoms with Crippen molar-refractivity contribution in [2.75, 3.05) is 26.8 Å². The van der Waals surface area contributed by atoms with E-state index in [9.17, 15) is 4.79 Å². The summed E-state index contributed by atoms with van der Waals surface area (Å²) in [5.74, 6) is 0. The fraction of sp³-hybridized carbons (Fsp3) is 0.467. The van der Waals surface area contributed by atoms with Gasteiger partial charge in [-0.15, -0.1) is 11.3 Å².